The zero-order valence-corrected chi connectivity index (χ0v) is 12.0. The molecule has 0 amide bonds. The highest BCUT2D eigenvalue weighted by molar-refractivity contribution is 7.99. The van der Waals surface area contributed by atoms with Gasteiger partial charge in [-0.05, 0) is 38.1 Å². The highest BCUT2D eigenvalue weighted by atomic mass is 35.5. The molecule has 2 heterocycles. The number of benzene rings is 1. The molecule has 1 aliphatic heterocycles. The summed E-state index contributed by atoms with van der Waals surface area (Å²) >= 11 is 1.70. The zero-order valence-electron chi connectivity index (χ0n) is 10.4. The standard InChI is InChI=1S/C13H15N3OS.ClH/c1-2-4-10(5-3-1)12-15-16-13(17-12)18-11-6-8-14-9-7-11;/h1-5,11,14H,6-9H2;1H. The van der Waals surface area contributed by atoms with Gasteiger partial charge in [-0.2, -0.15) is 0 Å². The molecule has 1 N–H and O–H groups in total. The first-order chi connectivity index (χ1) is 8.92. The van der Waals surface area contributed by atoms with Gasteiger partial charge in [-0.15, -0.1) is 22.6 Å². The molecule has 2 aromatic rings. The van der Waals surface area contributed by atoms with Crippen molar-refractivity contribution in [3.63, 3.8) is 0 Å². The van der Waals surface area contributed by atoms with E-state index >= 15 is 0 Å². The van der Waals surface area contributed by atoms with Crippen LogP contribution in [0, 0.1) is 0 Å². The van der Waals surface area contributed by atoms with E-state index in [1.54, 1.807) is 11.8 Å². The Labute approximate surface area is 122 Å². The van der Waals surface area contributed by atoms with E-state index in [0.29, 0.717) is 16.4 Å². The number of hydrogen-bond donors (Lipinski definition) is 1. The lowest BCUT2D eigenvalue weighted by molar-refractivity contribution is 0.460. The molecule has 102 valence electrons. The van der Waals surface area contributed by atoms with Crippen LogP contribution in [0.3, 0.4) is 0 Å². The molecule has 1 aromatic heterocycles. The summed E-state index contributed by atoms with van der Waals surface area (Å²) in [6.45, 7) is 2.16. The van der Waals surface area contributed by atoms with Crippen LogP contribution in [-0.4, -0.2) is 28.5 Å². The van der Waals surface area contributed by atoms with E-state index in [9.17, 15) is 0 Å². The summed E-state index contributed by atoms with van der Waals surface area (Å²) in [6, 6.07) is 9.88. The van der Waals surface area contributed by atoms with Crippen molar-refractivity contribution in [2.75, 3.05) is 13.1 Å². The van der Waals surface area contributed by atoms with E-state index in [1.807, 2.05) is 30.3 Å². The van der Waals surface area contributed by atoms with Gasteiger partial charge in [0.1, 0.15) is 0 Å². The lowest BCUT2D eigenvalue weighted by Gasteiger charge is -2.19. The number of nitrogens with one attached hydrogen (secondary N) is 1. The van der Waals surface area contributed by atoms with Crippen molar-refractivity contribution in [3.05, 3.63) is 30.3 Å². The molecule has 4 nitrogen and oxygen atoms in total. The van der Waals surface area contributed by atoms with E-state index in [2.05, 4.69) is 15.5 Å². The molecule has 19 heavy (non-hydrogen) atoms. The first-order valence-electron chi connectivity index (χ1n) is 6.18. The molecule has 0 atom stereocenters. The van der Waals surface area contributed by atoms with Crippen LogP contribution in [0.4, 0.5) is 0 Å². The van der Waals surface area contributed by atoms with E-state index in [4.69, 9.17) is 4.42 Å². The summed E-state index contributed by atoms with van der Waals surface area (Å²) in [4.78, 5) is 0. The van der Waals surface area contributed by atoms with Crippen molar-refractivity contribution in [1.82, 2.24) is 15.5 Å². The zero-order chi connectivity index (χ0) is 12.2. The van der Waals surface area contributed by atoms with Crippen LogP contribution in [0.25, 0.3) is 11.5 Å². The maximum Gasteiger partial charge on any atom is 0.277 e. The highest BCUT2D eigenvalue weighted by Crippen LogP contribution is 2.29. The average molecular weight is 298 g/mol. The van der Waals surface area contributed by atoms with Crippen LogP contribution in [0.15, 0.2) is 40.0 Å². The third-order valence-electron chi connectivity index (χ3n) is 2.98. The smallest absolute Gasteiger partial charge is 0.277 e. The van der Waals surface area contributed by atoms with Gasteiger partial charge in [0.2, 0.25) is 5.89 Å². The van der Waals surface area contributed by atoms with Crippen molar-refractivity contribution in [2.45, 2.75) is 23.3 Å². The third-order valence-corrected chi connectivity index (χ3v) is 4.15. The van der Waals surface area contributed by atoms with Gasteiger partial charge >= 0.3 is 0 Å². The largest absolute Gasteiger partial charge is 0.411 e. The lowest BCUT2D eigenvalue weighted by atomic mass is 10.2. The van der Waals surface area contributed by atoms with Gasteiger partial charge < -0.3 is 9.73 Å². The maximum atomic E-state index is 5.69. The molecule has 0 radical (unpaired) electrons. The Morgan fingerprint density at radius 3 is 2.58 bits per heavy atom. The molecule has 1 aromatic carbocycles. The van der Waals surface area contributed by atoms with Crippen molar-refractivity contribution >= 4 is 24.2 Å². The van der Waals surface area contributed by atoms with Gasteiger partial charge in [0.15, 0.2) is 0 Å². The second-order valence-corrected chi connectivity index (χ2v) is 5.56. The molecule has 0 saturated carbocycles. The molecule has 1 fully saturated rings. The molecule has 0 aliphatic carbocycles. The lowest BCUT2D eigenvalue weighted by Crippen LogP contribution is -2.29. The summed E-state index contributed by atoms with van der Waals surface area (Å²) in [5.74, 6) is 0.604. The summed E-state index contributed by atoms with van der Waals surface area (Å²) in [6.07, 6.45) is 2.32. The fraction of sp³-hybridized carbons (Fsp3) is 0.385. The number of hydrogen-bond acceptors (Lipinski definition) is 5. The predicted molar refractivity (Wildman–Crippen MR) is 78.7 cm³/mol. The Balaban J connectivity index is 0.00000133. The van der Waals surface area contributed by atoms with Crippen LogP contribution in [0.5, 0.6) is 0 Å². The first-order valence-corrected chi connectivity index (χ1v) is 7.06. The number of aromatic nitrogens is 2. The van der Waals surface area contributed by atoms with E-state index in [0.717, 1.165) is 31.5 Å². The molecule has 3 rings (SSSR count). The minimum absolute atomic E-state index is 0. The van der Waals surface area contributed by atoms with Crippen molar-refractivity contribution in [3.8, 4) is 11.5 Å². The van der Waals surface area contributed by atoms with Gasteiger partial charge in [0.25, 0.3) is 5.22 Å². The fourth-order valence-corrected chi connectivity index (χ4v) is 2.98. The number of thioether (sulfide) groups is 1. The van der Waals surface area contributed by atoms with Crippen molar-refractivity contribution in [2.24, 2.45) is 0 Å². The summed E-state index contributed by atoms with van der Waals surface area (Å²) in [5, 5.41) is 12.8. The highest BCUT2D eigenvalue weighted by Gasteiger charge is 2.18. The first kappa shape index (κ1) is 14.4. The average Bonchev–Trinajstić information content (AvgIpc) is 2.89. The number of halogens is 1. The second-order valence-electron chi connectivity index (χ2n) is 4.31. The van der Waals surface area contributed by atoms with Crippen LogP contribution in [0.1, 0.15) is 12.8 Å². The van der Waals surface area contributed by atoms with Crippen LogP contribution in [0.2, 0.25) is 0 Å². The molecule has 0 bridgehead atoms. The summed E-state index contributed by atoms with van der Waals surface area (Å²) in [5.41, 5.74) is 0.974. The molecule has 0 unspecified atom stereocenters. The minimum atomic E-state index is 0. The van der Waals surface area contributed by atoms with Crippen molar-refractivity contribution in [1.29, 1.82) is 0 Å². The number of nitrogens with zero attached hydrogens (tertiary/aromatic N) is 2. The topological polar surface area (TPSA) is 51.0 Å². The van der Waals surface area contributed by atoms with Gasteiger partial charge in [0, 0.05) is 10.8 Å². The fourth-order valence-electron chi connectivity index (χ4n) is 2.01. The monoisotopic (exact) mass is 297 g/mol. The van der Waals surface area contributed by atoms with Crippen LogP contribution >= 0.6 is 24.2 Å². The number of piperidine rings is 1. The Bertz CT molecular complexity index is 500. The molecular weight excluding hydrogens is 282 g/mol. The summed E-state index contributed by atoms with van der Waals surface area (Å²) in [7, 11) is 0. The Morgan fingerprint density at radius 1 is 1.11 bits per heavy atom. The van der Waals surface area contributed by atoms with Gasteiger partial charge in [-0.1, -0.05) is 30.0 Å². The van der Waals surface area contributed by atoms with E-state index in [-0.39, 0.29) is 12.4 Å². The van der Waals surface area contributed by atoms with Gasteiger partial charge in [-0.3, -0.25) is 0 Å². The second kappa shape index (κ2) is 6.93. The summed E-state index contributed by atoms with van der Waals surface area (Å²) < 4.78 is 5.69. The molecular formula is C13H16ClN3OS. The molecule has 1 saturated heterocycles. The van der Waals surface area contributed by atoms with Gasteiger partial charge in [0.05, 0.1) is 0 Å². The predicted octanol–water partition coefficient (Wildman–Crippen LogP) is 3.00. The van der Waals surface area contributed by atoms with Crippen LogP contribution < -0.4 is 5.32 Å². The quantitative estimate of drug-likeness (QED) is 0.944. The Hall–Kier alpha value is -1.04. The Morgan fingerprint density at radius 2 is 1.84 bits per heavy atom. The molecule has 6 heteroatoms. The Kier molecular flexibility index (Phi) is 5.24. The molecule has 1 aliphatic rings. The molecule has 0 spiro atoms. The SMILES string of the molecule is Cl.c1ccc(-c2nnc(SC3CCNCC3)o2)cc1. The maximum absolute atomic E-state index is 5.69. The number of rotatable bonds is 3. The normalized spacial score (nSPS) is 16.0. The third kappa shape index (κ3) is 3.72. The van der Waals surface area contributed by atoms with E-state index < -0.39 is 0 Å². The van der Waals surface area contributed by atoms with Gasteiger partial charge in [-0.25, -0.2) is 0 Å². The van der Waals surface area contributed by atoms with Crippen molar-refractivity contribution < 1.29 is 4.42 Å². The minimum Gasteiger partial charge on any atom is -0.411 e. The van der Waals surface area contributed by atoms with Crippen LogP contribution in [-0.2, 0) is 0 Å². The van der Waals surface area contributed by atoms with E-state index in [1.165, 1.54) is 0 Å².